The van der Waals surface area contributed by atoms with Crippen LogP contribution in [0.5, 0.6) is 0 Å². The van der Waals surface area contributed by atoms with Gasteiger partial charge in [0.1, 0.15) is 11.6 Å². The Kier molecular flexibility index (Phi) is 35.7. The molecular weight excluding hydrogens is 638 g/mol. The van der Waals surface area contributed by atoms with Gasteiger partial charge in [-0.05, 0) is 63.2 Å². The van der Waals surface area contributed by atoms with Crippen LogP contribution >= 0.6 is 0 Å². The SMILES string of the molecule is CCCCC(CC)CN(CC(CC)CCCC)C(=O)CC(C)=O.CCCCC(CC)CN(CC(CC)CCCC)C(=O)CC(C)=O.[Zn]. The maximum atomic E-state index is 12.5. The maximum absolute atomic E-state index is 12.5. The Morgan fingerprint density at radius 3 is 0.787 bits per heavy atom. The molecule has 0 aliphatic heterocycles. The summed E-state index contributed by atoms with van der Waals surface area (Å²) in [6.45, 7) is 24.0. The summed E-state index contributed by atoms with van der Waals surface area (Å²) in [5.41, 5.74) is 0. The van der Waals surface area contributed by atoms with Gasteiger partial charge in [-0.1, -0.05) is 132 Å². The van der Waals surface area contributed by atoms with Gasteiger partial charge in [0, 0.05) is 45.7 Å². The fraction of sp³-hybridized carbons (Fsp3) is 0.900. The zero-order valence-electron chi connectivity index (χ0n) is 33.1. The van der Waals surface area contributed by atoms with Crippen LogP contribution in [0.3, 0.4) is 0 Å². The van der Waals surface area contributed by atoms with Gasteiger partial charge in [-0.15, -0.1) is 0 Å². The molecule has 0 saturated carbocycles. The monoisotopic (exact) mass is 715 g/mol. The van der Waals surface area contributed by atoms with Gasteiger partial charge in [0.15, 0.2) is 0 Å². The second kappa shape index (κ2) is 33.4. The van der Waals surface area contributed by atoms with Crippen molar-refractivity contribution in [3.63, 3.8) is 0 Å². The van der Waals surface area contributed by atoms with E-state index in [9.17, 15) is 19.2 Å². The summed E-state index contributed by atoms with van der Waals surface area (Å²) >= 11 is 0. The number of carbonyl (C=O) groups is 4. The molecule has 0 aromatic rings. The number of hydrogen-bond acceptors (Lipinski definition) is 4. The summed E-state index contributed by atoms with van der Waals surface area (Å²) in [4.78, 5) is 51.7. The molecule has 0 aromatic carbocycles. The molecule has 0 heterocycles. The molecule has 2 amide bonds. The molecule has 0 fully saturated rings. The van der Waals surface area contributed by atoms with Crippen LogP contribution in [0, 0.1) is 23.7 Å². The van der Waals surface area contributed by atoms with E-state index in [0.717, 1.165) is 51.9 Å². The Hall–Kier alpha value is -1.10. The molecule has 4 unspecified atom stereocenters. The van der Waals surface area contributed by atoms with E-state index in [1.54, 1.807) is 0 Å². The molecule has 0 rings (SSSR count). The van der Waals surface area contributed by atoms with Gasteiger partial charge in [-0.3, -0.25) is 19.2 Å². The van der Waals surface area contributed by atoms with Crippen molar-refractivity contribution in [1.82, 2.24) is 9.80 Å². The Labute approximate surface area is 305 Å². The molecule has 274 valence electrons. The summed E-state index contributed by atoms with van der Waals surface area (Å²) in [7, 11) is 0. The Balaban J connectivity index is -0.000000807. The van der Waals surface area contributed by atoms with E-state index in [0.29, 0.717) is 23.7 Å². The summed E-state index contributed by atoms with van der Waals surface area (Å²) in [5, 5.41) is 0. The number of hydrogen-bond donors (Lipinski definition) is 0. The Morgan fingerprint density at radius 2 is 0.638 bits per heavy atom. The predicted molar refractivity (Wildman–Crippen MR) is 197 cm³/mol. The van der Waals surface area contributed by atoms with Crippen LogP contribution in [0.1, 0.15) is 185 Å². The largest absolute Gasteiger partial charge is 0.342 e. The molecule has 0 spiro atoms. The van der Waals surface area contributed by atoms with Crippen molar-refractivity contribution in [2.45, 2.75) is 185 Å². The van der Waals surface area contributed by atoms with E-state index < -0.39 is 0 Å². The first-order valence-electron chi connectivity index (χ1n) is 19.5. The van der Waals surface area contributed by atoms with Gasteiger partial charge in [0.25, 0.3) is 0 Å². The first-order valence-corrected chi connectivity index (χ1v) is 19.5. The van der Waals surface area contributed by atoms with Crippen molar-refractivity contribution in [3.05, 3.63) is 0 Å². The van der Waals surface area contributed by atoms with Gasteiger partial charge in [0.05, 0.1) is 12.8 Å². The number of Topliss-reactive ketones (excluding diaryl/α,β-unsaturated/α-hetero) is 2. The fourth-order valence-corrected chi connectivity index (χ4v) is 6.12. The molecule has 0 aromatic heterocycles. The normalized spacial score (nSPS) is 13.3. The maximum Gasteiger partial charge on any atom is 0.230 e. The second-order valence-corrected chi connectivity index (χ2v) is 14.0. The number of rotatable bonds is 28. The molecule has 7 heteroatoms. The minimum atomic E-state index is -0.0248. The summed E-state index contributed by atoms with van der Waals surface area (Å²) < 4.78 is 0. The minimum absolute atomic E-state index is 0. The van der Waals surface area contributed by atoms with Crippen molar-refractivity contribution in [2.75, 3.05) is 26.2 Å². The quantitative estimate of drug-likeness (QED) is 0.0597. The zero-order valence-corrected chi connectivity index (χ0v) is 36.1. The van der Waals surface area contributed by atoms with Gasteiger partial charge in [0.2, 0.25) is 11.8 Å². The third-order valence-electron chi connectivity index (χ3n) is 9.59. The molecule has 0 aliphatic carbocycles. The third kappa shape index (κ3) is 27.4. The van der Waals surface area contributed by atoms with Crippen LogP contribution < -0.4 is 0 Å². The van der Waals surface area contributed by atoms with Crippen molar-refractivity contribution >= 4 is 23.4 Å². The molecule has 4 atom stereocenters. The van der Waals surface area contributed by atoms with Crippen molar-refractivity contribution in [2.24, 2.45) is 23.7 Å². The number of unbranched alkanes of at least 4 members (excludes halogenated alkanes) is 4. The predicted octanol–water partition coefficient (Wildman–Crippen LogP) is 10.5. The first kappa shape index (κ1) is 50.3. The average Bonchev–Trinajstić information content (AvgIpc) is 3.02. The van der Waals surface area contributed by atoms with Gasteiger partial charge in [-0.2, -0.15) is 0 Å². The standard InChI is InChI=1S/2C20H39NO2.Zn/c2*1-6-10-12-18(8-3)15-21(20(23)14-17(5)22)16-19(9-4)13-11-7-2;/h2*18-19H,6-16H2,1-5H3;. The molecule has 6 nitrogen and oxygen atoms in total. The summed E-state index contributed by atoms with van der Waals surface area (Å²) in [5.74, 6) is 2.27. The minimum Gasteiger partial charge on any atom is -0.342 e. The van der Waals surface area contributed by atoms with Crippen LogP contribution in [0.15, 0.2) is 0 Å². The van der Waals surface area contributed by atoms with E-state index >= 15 is 0 Å². The van der Waals surface area contributed by atoms with Gasteiger partial charge < -0.3 is 9.80 Å². The third-order valence-corrected chi connectivity index (χ3v) is 9.59. The molecule has 0 bridgehead atoms. The van der Waals surface area contributed by atoms with E-state index in [4.69, 9.17) is 0 Å². The topological polar surface area (TPSA) is 74.8 Å². The van der Waals surface area contributed by atoms with E-state index in [2.05, 4.69) is 55.4 Å². The van der Waals surface area contributed by atoms with Crippen LogP contribution in [-0.4, -0.2) is 59.4 Å². The zero-order chi connectivity index (χ0) is 35.3. The van der Waals surface area contributed by atoms with Crippen LogP contribution in [-0.2, 0) is 38.7 Å². The second-order valence-electron chi connectivity index (χ2n) is 14.0. The molecule has 47 heavy (non-hydrogen) atoms. The van der Waals surface area contributed by atoms with Crippen molar-refractivity contribution in [1.29, 1.82) is 0 Å². The van der Waals surface area contributed by atoms with E-state index in [1.165, 1.54) is 90.9 Å². The van der Waals surface area contributed by atoms with Crippen LogP contribution in [0.4, 0.5) is 0 Å². The first-order chi connectivity index (χ1) is 22.0. The van der Waals surface area contributed by atoms with Crippen LogP contribution in [0.2, 0.25) is 0 Å². The number of ketones is 2. The van der Waals surface area contributed by atoms with Crippen molar-refractivity contribution < 1.29 is 38.7 Å². The number of nitrogens with zero attached hydrogens (tertiary/aromatic N) is 2. The molecule has 0 radical (unpaired) electrons. The average molecular weight is 716 g/mol. The summed E-state index contributed by atoms with van der Waals surface area (Å²) in [6, 6.07) is 0. The number of amides is 2. The van der Waals surface area contributed by atoms with E-state index in [-0.39, 0.29) is 55.7 Å². The molecule has 0 aliphatic rings. The van der Waals surface area contributed by atoms with Crippen molar-refractivity contribution in [3.8, 4) is 0 Å². The van der Waals surface area contributed by atoms with Crippen LogP contribution in [0.25, 0.3) is 0 Å². The van der Waals surface area contributed by atoms with Gasteiger partial charge >= 0.3 is 0 Å². The Morgan fingerprint density at radius 1 is 0.426 bits per heavy atom. The molecule has 0 saturated heterocycles. The van der Waals surface area contributed by atoms with Gasteiger partial charge in [-0.25, -0.2) is 0 Å². The fourth-order valence-electron chi connectivity index (χ4n) is 6.12. The Bertz CT molecular complexity index is 690. The van der Waals surface area contributed by atoms with E-state index in [1.807, 2.05) is 9.80 Å². The molecular formula is C40H78N2O4Zn. The number of carbonyl (C=O) groups excluding carboxylic acids is 4. The summed E-state index contributed by atoms with van der Waals surface area (Å²) in [6.07, 6.45) is 19.0. The molecule has 0 N–H and O–H groups in total. The smallest absolute Gasteiger partial charge is 0.230 e.